The van der Waals surface area contributed by atoms with E-state index in [0.29, 0.717) is 16.8 Å². The average Bonchev–Trinajstić information content (AvgIpc) is 2.68. The number of nitrogens with one attached hydrogen (secondary N) is 2. The van der Waals surface area contributed by atoms with Crippen LogP contribution in [0.3, 0.4) is 0 Å². The van der Waals surface area contributed by atoms with Crippen molar-refractivity contribution in [3.05, 3.63) is 11.2 Å². The second kappa shape index (κ2) is 4.43. The Morgan fingerprint density at radius 2 is 2.12 bits per heavy atom. The molecule has 0 aromatic carbocycles. The van der Waals surface area contributed by atoms with Gasteiger partial charge in [0.25, 0.3) is 0 Å². The van der Waals surface area contributed by atoms with Gasteiger partial charge in [-0.1, -0.05) is 24.4 Å². The van der Waals surface area contributed by atoms with E-state index in [1.807, 2.05) is 0 Å². The lowest BCUT2D eigenvalue weighted by Crippen LogP contribution is -2.31. The molecule has 1 aliphatic carbocycles. The third kappa shape index (κ3) is 2.36. The molecular weight excluding hydrogens is 226 g/mol. The average molecular weight is 242 g/mol. The third-order valence-electron chi connectivity index (χ3n) is 3.00. The number of hydrazine groups is 1. The van der Waals surface area contributed by atoms with Gasteiger partial charge in [-0.15, -0.1) is 0 Å². The van der Waals surface area contributed by atoms with Crippen molar-refractivity contribution in [1.82, 2.24) is 9.97 Å². The minimum absolute atomic E-state index is 0.0872. The van der Waals surface area contributed by atoms with Gasteiger partial charge >= 0.3 is 0 Å². The first-order valence-electron chi connectivity index (χ1n) is 5.40. The van der Waals surface area contributed by atoms with E-state index in [0.717, 1.165) is 12.8 Å². The normalized spacial score (nSPS) is 18.4. The molecule has 0 saturated heterocycles. The summed E-state index contributed by atoms with van der Waals surface area (Å²) in [5.74, 6) is 6.28. The monoisotopic (exact) mass is 241 g/mol. The van der Waals surface area contributed by atoms with Crippen molar-refractivity contribution >= 4 is 23.4 Å². The number of anilines is 2. The molecule has 6 heteroatoms. The molecule has 1 heterocycles. The molecule has 1 aromatic heterocycles. The molecule has 2 rings (SSSR count). The molecule has 0 aliphatic heterocycles. The maximum atomic E-state index is 6.04. The number of nitrogens with two attached hydrogens (primary N) is 1. The maximum absolute atomic E-state index is 6.04. The van der Waals surface area contributed by atoms with Crippen LogP contribution in [0.5, 0.6) is 0 Å². The van der Waals surface area contributed by atoms with E-state index in [-0.39, 0.29) is 5.54 Å². The van der Waals surface area contributed by atoms with E-state index in [1.165, 1.54) is 12.8 Å². The summed E-state index contributed by atoms with van der Waals surface area (Å²) < 4.78 is 0. The number of aromatic nitrogens is 2. The van der Waals surface area contributed by atoms with Crippen LogP contribution >= 0.6 is 11.6 Å². The van der Waals surface area contributed by atoms with Crippen LogP contribution in [-0.2, 0) is 0 Å². The Hall–Kier alpha value is -1.07. The molecule has 4 N–H and O–H groups in total. The Labute approximate surface area is 99.8 Å². The summed E-state index contributed by atoms with van der Waals surface area (Å²) in [7, 11) is 0. The number of hydrogen-bond donors (Lipinski definition) is 3. The summed E-state index contributed by atoms with van der Waals surface area (Å²) in [6.07, 6.45) is 6.31. The molecule has 16 heavy (non-hydrogen) atoms. The lowest BCUT2D eigenvalue weighted by atomic mass is 10.0. The Bertz CT molecular complexity index is 375. The first-order chi connectivity index (χ1) is 7.63. The number of hydrogen-bond acceptors (Lipinski definition) is 5. The molecule has 0 bridgehead atoms. The summed E-state index contributed by atoms with van der Waals surface area (Å²) in [5, 5.41) is 3.90. The van der Waals surface area contributed by atoms with Crippen LogP contribution in [0.25, 0.3) is 0 Å². The van der Waals surface area contributed by atoms with Gasteiger partial charge in [-0.3, -0.25) is 5.43 Å². The zero-order valence-corrected chi connectivity index (χ0v) is 10.0. The molecule has 1 saturated carbocycles. The molecule has 1 aliphatic rings. The van der Waals surface area contributed by atoms with Crippen molar-refractivity contribution in [1.29, 1.82) is 0 Å². The molecule has 88 valence electrons. The Balaban J connectivity index is 2.19. The highest BCUT2D eigenvalue weighted by atomic mass is 35.5. The lowest BCUT2D eigenvalue weighted by Gasteiger charge is -2.26. The largest absolute Gasteiger partial charge is 0.364 e. The van der Waals surface area contributed by atoms with Crippen molar-refractivity contribution < 1.29 is 0 Å². The Kier molecular flexibility index (Phi) is 3.16. The standard InChI is InChI=1S/C10H16ClN5/c1-10(4-2-3-5-10)15-8-7(11)6-13-9(14-8)16-12/h6H,2-5,12H2,1H3,(H2,13,14,15,16). The summed E-state index contributed by atoms with van der Waals surface area (Å²) in [6, 6.07) is 0. The third-order valence-corrected chi connectivity index (χ3v) is 3.28. The summed E-state index contributed by atoms with van der Waals surface area (Å²) in [4.78, 5) is 8.14. The molecule has 0 spiro atoms. The zero-order valence-electron chi connectivity index (χ0n) is 9.26. The fourth-order valence-corrected chi connectivity index (χ4v) is 2.23. The highest BCUT2D eigenvalue weighted by Crippen LogP contribution is 2.33. The van der Waals surface area contributed by atoms with E-state index in [1.54, 1.807) is 6.20 Å². The van der Waals surface area contributed by atoms with Crippen molar-refractivity contribution in [2.75, 3.05) is 10.7 Å². The minimum Gasteiger partial charge on any atom is -0.364 e. The van der Waals surface area contributed by atoms with Crippen LogP contribution in [0.4, 0.5) is 11.8 Å². The predicted octanol–water partition coefficient (Wildman–Crippen LogP) is 2.16. The van der Waals surface area contributed by atoms with Gasteiger partial charge in [-0.2, -0.15) is 4.98 Å². The molecule has 5 nitrogen and oxygen atoms in total. The molecular formula is C10H16ClN5. The van der Waals surface area contributed by atoms with Gasteiger partial charge in [-0.05, 0) is 19.8 Å². The first kappa shape index (κ1) is 11.4. The fraction of sp³-hybridized carbons (Fsp3) is 0.600. The smallest absolute Gasteiger partial charge is 0.239 e. The Morgan fingerprint density at radius 3 is 2.75 bits per heavy atom. The van der Waals surface area contributed by atoms with Crippen molar-refractivity contribution in [2.45, 2.75) is 38.1 Å². The second-order valence-corrected chi connectivity index (χ2v) is 4.83. The molecule has 0 atom stereocenters. The number of rotatable bonds is 3. The highest BCUT2D eigenvalue weighted by Gasteiger charge is 2.29. The maximum Gasteiger partial charge on any atom is 0.239 e. The molecule has 1 fully saturated rings. The fourth-order valence-electron chi connectivity index (χ4n) is 2.09. The molecule has 0 radical (unpaired) electrons. The quantitative estimate of drug-likeness (QED) is 0.559. The van der Waals surface area contributed by atoms with Crippen LogP contribution in [-0.4, -0.2) is 15.5 Å². The summed E-state index contributed by atoms with van der Waals surface area (Å²) in [6.45, 7) is 2.19. The lowest BCUT2D eigenvalue weighted by molar-refractivity contribution is 0.531. The summed E-state index contributed by atoms with van der Waals surface area (Å²) >= 11 is 6.04. The van der Waals surface area contributed by atoms with Crippen molar-refractivity contribution in [3.8, 4) is 0 Å². The van der Waals surface area contributed by atoms with E-state index in [4.69, 9.17) is 17.4 Å². The SMILES string of the molecule is CC1(Nc2nc(NN)ncc2Cl)CCCC1. The molecule has 0 amide bonds. The second-order valence-electron chi connectivity index (χ2n) is 4.43. The number of halogens is 1. The number of nitrogens with zero attached hydrogens (tertiary/aromatic N) is 2. The van der Waals surface area contributed by atoms with Gasteiger partial charge in [0.1, 0.15) is 5.02 Å². The molecule has 0 unspecified atom stereocenters. The minimum atomic E-state index is 0.0872. The van der Waals surface area contributed by atoms with Gasteiger partial charge in [0.15, 0.2) is 5.82 Å². The zero-order chi connectivity index (χ0) is 11.6. The van der Waals surface area contributed by atoms with Crippen LogP contribution < -0.4 is 16.6 Å². The topological polar surface area (TPSA) is 75.9 Å². The van der Waals surface area contributed by atoms with E-state index < -0.39 is 0 Å². The van der Waals surface area contributed by atoms with Crippen LogP contribution in [0, 0.1) is 0 Å². The summed E-state index contributed by atoms with van der Waals surface area (Å²) in [5.41, 5.74) is 2.50. The van der Waals surface area contributed by atoms with Crippen molar-refractivity contribution in [3.63, 3.8) is 0 Å². The van der Waals surface area contributed by atoms with Crippen LogP contribution in [0.15, 0.2) is 6.20 Å². The van der Waals surface area contributed by atoms with Gasteiger partial charge in [0, 0.05) is 5.54 Å². The first-order valence-corrected chi connectivity index (χ1v) is 5.78. The predicted molar refractivity (Wildman–Crippen MR) is 65.3 cm³/mol. The van der Waals surface area contributed by atoms with Crippen LogP contribution in [0.2, 0.25) is 5.02 Å². The highest BCUT2D eigenvalue weighted by molar-refractivity contribution is 6.32. The number of nitrogen functional groups attached to an aromatic ring is 1. The van der Waals surface area contributed by atoms with Crippen LogP contribution in [0.1, 0.15) is 32.6 Å². The Morgan fingerprint density at radius 1 is 1.44 bits per heavy atom. The van der Waals surface area contributed by atoms with E-state index in [2.05, 4.69) is 27.6 Å². The van der Waals surface area contributed by atoms with Gasteiger partial charge < -0.3 is 5.32 Å². The van der Waals surface area contributed by atoms with Gasteiger partial charge in [-0.25, -0.2) is 10.8 Å². The van der Waals surface area contributed by atoms with E-state index >= 15 is 0 Å². The van der Waals surface area contributed by atoms with Gasteiger partial charge in [0.05, 0.1) is 6.20 Å². The van der Waals surface area contributed by atoms with Crippen molar-refractivity contribution in [2.24, 2.45) is 5.84 Å². The van der Waals surface area contributed by atoms with Gasteiger partial charge in [0.2, 0.25) is 5.95 Å². The van der Waals surface area contributed by atoms with E-state index in [9.17, 15) is 0 Å². The molecule has 1 aromatic rings.